The van der Waals surface area contributed by atoms with Gasteiger partial charge in [-0.3, -0.25) is 4.99 Å². The lowest BCUT2D eigenvalue weighted by molar-refractivity contribution is 0.311. The topological polar surface area (TPSA) is 58.1 Å². The molecule has 0 amide bonds. The molecule has 0 fully saturated rings. The summed E-state index contributed by atoms with van der Waals surface area (Å²) in [5.41, 5.74) is 3.41. The van der Waals surface area contributed by atoms with Crippen molar-refractivity contribution in [2.75, 3.05) is 39.7 Å². The zero-order valence-corrected chi connectivity index (χ0v) is 17.6. The molecule has 2 rings (SSSR count). The molecule has 0 radical (unpaired) electrons. The lowest BCUT2D eigenvalue weighted by Crippen LogP contribution is -2.30. The van der Waals surface area contributed by atoms with E-state index in [-0.39, 0.29) is 0 Å². The third kappa shape index (κ3) is 6.46. The first-order valence-corrected chi connectivity index (χ1v) is 9.64. The molecule has 6 heteroatoms. The van der Waals surface area contributed by atoms with Crippen molar-refractivity contribution in [1.82, 2.24) is 10.2 Å². The van der Waals surface area contributed by atoms with Crippen LogP contribution in [0.2, 0.25) is 0 Å². The van der Waals surface area contributed by atoms with Crippen molar-refractivity contribution in [1.29, 1.82) is 0 Å². The summed E-state index contributed by atoms with van der Waals surface area (Å²) >= 11 is 0. The molecule has 0 heterocycles. The first-order chi connectivity index (χ1) is 13.6. The predicted molar refractivity (Wildman–Crippen MR) is 116 cm³/mol. The van der Waals surface area contributed by atoms with Gasteiger partial charge in [-0.25, -0.2) is 0 Å². The second kappa shape index (κ2) is 11.2. The monoisotopic (exact) mass is 384 g/mol. The van der Waals surface area contributed by atoms with Gasteiger partial charge in [-0.2, -0.15) is 0 Å². The van der Waals surface area contributed by atoms with Crippen LogP contribution in [0.25, 0.3) is 0 Å². The number of anilines is 1. The Labute approximate surface area is 168 Å². The van der Waals surface area contributed by atoms with E-state index >= 15 is 0 Å². The molecule has 2 aromatic carbocycles. The van der Waals surface area contributed by atoms with Crippen LogP contribution in [0, 0.1) is 0 Å². The third-order valence-electron chi connectivity index (χ3n) is 4.39. The van der Waals surface area contributed by atoms with Gasteiger partial charge in [-0.1, -0.05) is 31.2 Å². The summed E-state index contributed by atoms with van der Waals surface area (Å²) in [6.45, 7) is 7.37. The lowest BCUT2D eigenvalue weighted by atomic mass is 10.1. The Morgan fingerprint density at radius 2 is 1.86 bits per heavy atom. The van der Waals surface area contributed by atoms with Gasteiger partial charge < -0.3 is 25.0 Å². The molecule has 0 saturated heterocycles. The fourth-order valence-electron chi connectivity index (χ4n) is 2.79. The minimum atomic E-state index is 0.580. The van der Waals surface area contributed by atoms with E-state index in [0.29, 0.717) is 30.6 Å². The van der Waals surface area contributed by atoms with Gasteiger partial charge in [-0.15, -0.1) is 0 Å². The van der Waals surface area contributed by atoms with Gasteiger partial charge in [0.25, 0.3) is 0 Å². The van der Waals surface area contributed by atoms with Crippen LogP contribution >= 0.6 is 0 Å². The highest BCUT2D eigenvalue weighted by Crippen LogP contribution is 2.30. The Morgan fingerprint density at radius 1 is 1.07 bits per heavy atom. The van der Waals surface area contributed by atoms with Crippen molar-refractivity contribution in [3.63, 3.8) is 0 Å². The fraction of sp³-hybridized carbons (Fsp3) is 0.409. The molecular weight excluding hydrogens is 352 g/mol. The molecule has 0 bridgehead atoms. The van der Waals surface area contributed by atoms with Crippen LogP contribution in [0.5, 0.6) is 11.5 Å². The van der Waals surface area contributed by atoms with Crippen molar-refractivity contribution in [2.24, 2.45) is 4.99 Å². The molecule has 2 N–H and O–H groups in total. The molecule has 0 aliphatic rings. The first-order valence-electron chi connectivity index (χ1n) is 9.64. The number of guanidine groups is 1. The van der Waals surface area contributed by atoms with Crippen molar-refractivity contribution in [3.8, 4) is 11.5 Å². The largest absolute Gasteiger partial charge is 0.493 e. The predicted octanol–water partition coefficient (Wildman–Crippen LogP) is 3.73. The van der Waals surface area contributed by atoms with Gasteiger partial charge in [0.1, 0.15) is 0 Å². The lowest BCUT2D eigenvalue weighted by Gasteiger charge is -2.16. The summed E-state index contributed by atoms with van der Waals surface area (Å²) in [5.74, 6) is 2.12. The van der Waals surface area contributed by atoms with Gasteiger partial charge in [-0.05, 0) is 43.8 Å². The average molecular weight is 385 g/mol. The SMILES string of the molecule is CCOc1cc(NC(=NC)NCc2cccc(CN(C)CC)c2)ccc1OC. The normalized spacial score (nSPS) is 11.4. The van der Waals surface area contributed by atoms with Crippen LogP contribution in [-0.4, -0.2) is 45.2 Å². The van der Waals surface area contributed by atoms with Crippen LogP contribution in [0.15, 0.2) is 47.5 Å². The minimum absolute atomic E-state index is 0.580. The average Bonchev–Trinajstić information content (AvgIpc) is 2.71. The molecule has 0 aliphatic heterocycles. The second-order valence-electron chi connectivity index (χ2n) is 6.50. The molecule has 6 nitrogen and oxygen atoms in total. The molecule has 0 spiro atoms. The van der Waals surface area contributed by atoms with E-state index in [0.717, 1.165) is 18.8 Å². The zero-order chi connectivity index (χ0) is 20.4. The Balaban J connectivity index is 2.00. The van der Waals surface area contributed by atoms with Gasteiger partial charge in [0.15, 0.2) is 17.5 Å². The van der Waals surface area contributed by atoms with Crippen molar-refractivity contribution >= 4 is 11.6 Å². The summed E-state index contributed by atoms with van der Waals surface area (Å²) in [5, 5.41) is 6.66. The number of ether oxygens (including phenoxy) is 2. The maximum atomic E-state index is 5.64. The standard InChI is InChI=1S/C22H32N4O2/c1-6-26(4)16-18-10-8-9-17(13-18)15-24-22(23-3)25-19-11-12-20(27-5)21(14-19)28-7-2/h8-14H,6-7,15-16H2,1-5H3,(H2,23,24,25). The maximum absolute atomic E-state index is 5.64. The highest BCUT2D eigenvalue weighted by Gasteiger charge is 2.07. The minimum Gasteiger partial charge on any atom is -0.493 e. The van der Waals surface area contributed by atoms with Crippen LogP contribution in [0.4, 0.5) is 5.69 Å². The van der Waals surface area contributed by atoms with E-state index in [2.05, 4.69) is 58.8 Å². The third-order valence-corrected chi connectivity index (χ3v) is 4.39. The van der Waals surface area contributed by atoms with E-state index in [1.54, 1.807) is 14.2 Å². The van der Waals surface area contributed by atoms with E-state index in [4.69, 9.17) is 9.47 Å². The van der Waals surface area contributed by atoms with E-state index in [1.165, 1.54) is 11.1 Å². The first kappa shape index (κ1) is 21.6. The number of aliphatic imine (C=N–C) groups is 1. The van der Waals surface area contributed by atoms with Gasteiger partial charge in [0.05, 0.1) is 13.7 Å². The van der Waals surface area contributed by atoms with Crippen molar-refractivity contribution in [2.45, 2.75) is 26.9 Å². The van der Waals surface area contributed by atoms with Gasteiger partial charge >= 0.3 is 0 Å². The highest BCUT2D eigenvalue weighted by molar-refractivity contribution is 5.93. The quantitative estimate of drug-likeness (QED) is 0.510. The number of methoxy groups -OCH3 is 1. The maximum Gasteiger partial charge on any atom is 0.195 e. The van der Waals surface area contributed by atoms with Gasteiger partial charge in [0, 0.05) is 31.9 Å². The highest BCUT2D eigenvalue weighted by atomic mass is 16.5. The molecule has 152 valence electrons. The Hall–Kier alpha value is -2.73. The number of hydrogen-bond acceptors (Lipinski definition) is 4. The molecule has 0 saturated carbocycles. The number of benzene rings is 2. The van der Waals surface area contributed by atoms with Crippen molar-refractivity contribution in [3.05, 3.63) is 53.6 Å². The summed E-state index contributed by atoms with van der Waals surface area (Å²) in [7, 11) is 5.52. The number of nitrogens with zero attached hydrogens (tertiary/aromatic N) is 2. The molecule has 0 atom stereocenters. The summed E-state index contributed by atoms with van der Waals surface area (Å²) in [6, 6.07) is 14.3. The Kier molecular flexibility index (Phi) is 8.62. The second-order valence-corrected chi connectivity index (χ2v) is 6.50. The Bertz CT molecular complexity index is 777. The smallest absolute Gasteiger partial charge is 0.195 e. The van der Waals surface area contributed by atoms with Crippen LogP contribution in [0.1, 0.15) is 25.0 Å². The fourth-order valence-corrected chi connectivity index (χ4v) is 2.79. The molecule has 0 unspecified atom stereocenters. The van der Waals surface area contributed by atoms with E-state index in [9.17, 15) is 0 Å². The summed E-state index contributed by atoms with van der Waals surface area (Å²) in [6.07, 6.45) is 0. The van der Waals surface area contributed by atoms with Crippen LogP contribution < -0.4 is 20.1 Å². The van der Waals surface area contributed by atoms with E-state index in [1.807, 2.05) is 25.1 Å². The molecule has 0 aromatic heterocycles. The number of hydrogen-bond donors (Lipinski definition) is 2. The zero-order valence-electron chi connectivity index (χ0n) is 17.6. The van der Waals surface area contributed by atoms with Crippen LogP contribution in [-0.2, 0) is 13.1 Å². The number of rotatable bonds is 9. The Morgan fingerprint density at radius 3 is 2.54 bits per heavy atom. The molecule has 28 heavy (non-hydrogen) atoms. The number of nitrogens with one attached hydrogen (secondary N) is 2. The molecule has 0 aliphatic carbocycles. The molecular formula is C22H32N4O2. The van der Waals surface area contributed by atoms with E-state index < -0.39 is 0 Å². The van der Waals surface area contributed by atoms with Crippen molar-refractivity contribution < 1.29 is 9.47 Å². The van der Waals surface area contributed by atoms with Gasteiger partial charge in [0.2, 0.25) is 0 Å². The summed E-state index contributed by atoms with van der Waals surface area (Å²) < 4.78 is 11.0. The molecule has 2 aromatic rings. The van der Waals surface area contributed by atoms with Crippen LogP contribution in [0.3, 0.4) is 0 Å². The summed E-state index contributed by atoms with van der Waals surface area (Å²) in [4.78, 5) is 6.60.